The smallest absolute Gasteiger partial charge is 0.167 e. The molecule has 13 heavy (non-hydrogen) atoms. The molecule has 2 aromatic rings. The molecule has 0 aliphatic heterocycles. The lowest BCUT2D eigenvalue weighted by Crippen LogP contribution is -1.90. The number of aromatic nitrogens is 1. The molecule has 68 valence electrons. The van der Waals surface area contributed by atoms with E-state index in [1.54, 1.807) is 12.1 Å². The first kappa shape index (κ1) is 8.07. The fraction of sp³-hybridized carbons (Fsp3) is 0.222. The first-order chi connectivity index (χ1) is 6.31. The topological polar surface area (TPSA) is 66.5 Å². The number of phenols is 1. The van der Waals surface area contributed by atoms with Crippen LogP contribution in [0.25, 0.3) is 11.0 Å². The predicted molar refractivity (Wildman–Crippen MR) is 46.5 cm³/mol. The van der Waals surface area contributed by atoms with Crippen LogP contribution in [0.1, 0.15) is 5.69 Å². The van der Waals surface area contributed by atoms with E-state index in [2.05, 4.69) is 5.16 Å². The monoisotopic (exact) mass is 179 g/mol. The highest BCUT2D eigenvalue weighted by molar-refractivity contribution is 5.80. The molecular formula is C9H9NO3. The second kappa shape index (κ2) is 3.06. The van der Waals surface area contributed by atoms with E-state index in [1.165, 1.54) is 6.07 Å². The van der Waals surface area contributed by atoms with E-state index in [4.69, 9.17) is 9.63 Å². The minimum atomic E-state index is 0.0251. The highest BCUT2D eigenvalue weighted by Crippen LogP contribution is 2.23. The molecule has 0 aliphatic rings. The van der Waals surface area contributed by atoms with E-state index in [-0.39, 0.29) is 12.4 Å². The number of hydrogen-bond donors (Lipinski definition) is 2. The van der Waals surface area contributed by atoms with Crippen LogP contribution in [0.2, 0.25) is 0 Å². The number of benzene rings is 1. The molecule has 1 aromatic heterocycles. The van der Waals surface area contributed by atoms with Crippen molar-refractivity contribution in [2.24, 2.45) is 0 Å². The van der Waals surface area contributed by atoms with Crippen LogP contribution in [0.5, 0.6) is 5.75 Å². The molecule has 0 radical (unpaired) electrons. The van der Waals surface area contributed by atoms with Gasteiger partial charge in [-0.25, -0.2) is 0 Å². The Balaban J connectivity index is 2.58. The van der Waals surface area contributed by atoms with Gasteiger partial charge in [0.15, 0.2) is 5.58 Å². The van der Waals surface area contributed by atoms with Crippen LogP contribution in [0, 0.1) is 0 Å². The van der Waals surface area contributed by atoms with Crippen molar-refractivity contribution >= 4 is 11.0 Å². The summed E-state index contributed by atoms with van der Waals surface area (Å²) in [6.45, 7) is 0.0251. The van der Waals surface area contributed by atoms with Crippen molar-refractivity contribution in [3.8, 4) is 5.75 Å². The van der Waals surface area contributed by atoms with Gasteiger partial charge in [0.05, 0.1) is 5.69 Å². The number of nitrogens with zero attached hydrogens (tertiary/aromatic N) is 1. The summed E-state index contributed by atoms with van der Waals surface area (Å²) in [7, 11) is 0. The molecule has 1 heterocycles. The average molecular weight is 179 g/mol. The van der Waals surface area contributed by atoms with Gasteiger partial charge >= 0.3 is 0 Å². The maximum absolute atomic E-state index is 9.21. The zero-order chi connectivity index (χ0) is 9.26. The summed E-state index contributed by atoms with van der Waals surface area (Å²) >= 11 is 0. The Kier molecular flexibility index (Phi) is 1.90. The molecule has 4 heteroatoms. The van der Waals surface area contributed by atoms with Gasteiger partial charge in [0.2, 0.25) is 0 Å². The SMILES string of the molecule is OCCc1noc2ccc(O)cc12. The lowest BCUT2D eigenvalue weighted by molar-refractivity contribution is 0.295. The molecule has 0 unspecified atom stereocenters. The summed E-state index contributed by atoms with van der Waals surface area (Å²) in [6, 6.07) is 4.77. The van der Waals surface area contributed by atoms with Gasteiger partial charge in [-0.1, -0.05) is 5.16 Å². The molecule has 0 spiro atoms. The molecule has 0 saturated carbocycles. The Hall–Kier alpha value is -1.55. The van der Waals surface area contributed by atoms with E-state index < -0.39 is 0 Å². The fourth-order valence-corrected chi connectivity index (χ4v) is 1.26. The summed E-state index contributed by atoms with van der Waals surface area (Å²) in [5.74, 6) is 0.176. The highest BCUT2D eigenvalue weighted by Gasteiger charge is 2.07. The largest absolute Gasteiger partial charge is 0.508 e. The van der Waals surface area contributed by atoms with Gasteiger partial charge in [-0.2, -0.15) is 0 Å². The number of rotatable bonds is 2. The van der Waals surface area contributed by atoms with Crippen LogP contribution in [-0.2, 0) is 6.42 Å². The van der Waals surface area contributed by atoms with Crippen LogP contribution in [-0.4, -0.2) is 22.0 Å². The number of aromatic hydroxyl groups is 1. The third kappa shape index (κ3) is 1.36. The Morgan fingerprint density at radius 3 is 3.00 bits per heavy atom. The lowest BCUT2D eigenvalue weighted by Gasteiger charge is -1.92. The van der Waals surface area contributed by atoms with Gasteiger partial charge in [0.25, 0.3) is 0 Å². The zero-order valence-corrected chi connectivity index (χ0v) is 6.90. The van der Waals surface area contributed by atoms with Gasteiger partial charge in [-0.05, 0) is 18.2 Å². The van der Waals surface area contributed by atoms with Crippen molar-refractivity contribution in [3.63, 3.8) is 0 Å². The number of aliphatic hydroxyl groups is 1. The van der Waals surface area contributed by atoms with Crippen molar-refractivity contribution in [2.75, 3.05) is 6.61 Å². The quantitative estimate of drug-likeness (QED) is 0.723. The van der Waals surface area contributed by atoms with Crippen LogP contribution in [0.4, 0.5) is 0 Å². The number of phenolic OH excluding ortho intramolecular Hbond substituents is 1. The third-order valence-electron chi connectivity index (χ3n) is 1.88. The minimum Gasteiger partial charge on any atom is -0.508 e. The van der Waals surface area contributed by atoms with Crippen molar-refractivity contribution in [1.29, 1.82) is 0 Å². The molecule has 1 aromatic carbocycles. The summed E-state index contributed by atoms with van der Waals surface area (Å²) in [5.41, 5.74) is 1.30. The van der Waals surface area contributed by atoms with Gasteiger partial charge in [0, 0.05) is 18.4 Å². The van der Waals surface area contributed by atoms with Crippen molar-refractivity contribution in [1.82, 2.24) is 5.16 Å². The van der Waals surface area contributed by atoms with Crippen molar-refractivity contribution in [2.45, 2.75) is 6.42 Å². The summed E-state index contributed by atoms with van der Waals surface area (Å²) in [6.07, 6.45) is 0.441. The molecule has 0 amide bonds. The normalized spacial score (nSPS) is 10.8. The van der Waals surface area contributed by atoms with E-state index in [1.807, 2.05) is 0 Å². The van der Waals surface area contributed by atoms with Crippen LogP contribution >= 0.6 is 0 Å². The van der Waals surface area contributed by atoms with Gasteiger partial charge in [0.1, 0.15) is 5.75 Å². The lowest BCUT2D eigenvalue weighted by atomic mass is 10.2. The number of hydrogen-bond acceptors (Lipinski definition) is 4. The van der Waals surface area contributed by atoms with Gasteiger partial charge < -0.3 is 14.7 Å². The van der Waals surface area contributed by atoms with Crippen molar-refractivity contribution < 1.29 is 14.7 Å². The molecule has 0 fully saturated rings. The van der Waals surface area contributed by atoms with E-state index >= 15 is 0 Å². The van der Waals surface area contributed by atoms with E-state index in [9.17, 15) is 5.11 Å². The maximum atomic E-state index is 9.21. The standard InChI is InChI=1S/C9H9NO3/c11-4-3-8-7-5-6(12)1-2-9(7)13-10-8/h1-2,5,11-12H,3-4H2. The van der Waals surface area contributed by atoms with Gasteiger partial charge in [-0.3, -0.25) is 0 Å². The molecule has 0 atom stereocenters. The Labute approximate surface area is 74.4 Å². The molecule has 2 rings (SSSR count). The molecule has 0 bridgehead atoms. The second-order valence-electron chi connectivity index (χ2n) is 2.78. The first-order valence-corrected chi connectivity index (χ1v) is 3.99. The van der Waals surface area contributed by atoms with Gasteiger partial charge in [-0.15, -0.1) is 0 Å². The minimum absolute atomic E-state index is 0.0251. The summed E-state index contributed by atoms with van der Waals surface area (Å²) in [5, 5.41) is 22.5. The fourth-order valence-electron chi connectivity index (χ4n) is 1.26. The van der Waals surface area contributed by atoms with E-state index in [0.717, 1.165) is 5.39 Å². The molecular weight excluding hydrogens is 170 g/mol. The predicted octanol–water partition coefficient (Wildman–Crippen LogP) is 1.07. The second-order valence-corrected chi connectivity index (χ2v) is 2.78. The Morgan fingerprint density at radius 1 is 1.38 bits per heavy atom. The highest BCUT2D eigenvalue weighted by atomic mass is 16.5. The molecule has 4 nitrogen and oxygen atoms in total. The average Bonchev–Trinajstić information content (AvgIpc) is 2.49. The zero-order valence-electron chi connectivity index (χ0n) is 6.90. The summed E-state index contributed by atoms with van der Waals surface area (Å²) in [4.78, 5) is 0. The molecule has 0 aliphatic carbocycles. The Morgan fingerprint density at radius 2 is 2.23 bits per heavy atom. The molecule has 2 N–H and O–H groups in total. The number of aliphatic hydroxyl groups excluding tert-OH is 1. The van der Waals surface area contributed by atoms with Crippen LogP contribution in [0.3, 0.4) is 0 Å². The summed E-state index contributed by atoms with van der Waals surface area (Å²) < 4.78 is 4.98. The number of fused-ring (bicyclic) bond motifs is 1. The van der Waals surface area contributed by atoms with Crippen LogP contribution in [0.15, 0.2) is 22.7 Å². The van der Waals surface area contributed by atoms with Crippen LogP contribution < -0.4 is 0 Å². The maximum Gasteiger partial charge on any atom is 0.167 e. The Bertz CT molecular complexity index is 422. The first-order valence-electron chi connectivity index (χ1n) is 3.99. The third-order valence-corrected chi connectivity index (χ3v) is 1.88. The van der Waals surface area contributed by atoms with Crippen molar-refractivity contribution in [3.05, 3.63) is 23.9 Å². The van der Waals surface area contributed by atoms with E-state index in [0.29, 0.717) is 17.7 Å². The molecule has 0 saturated heterocycles.